The van der Waals surface area contributed by atoms with Gasteiger partial charge in [0.1, 0.15) is 5.58 Å². The third-order valence-electron chi connectivity index (χ3n) is 5.04. The Balaban J connectivity index is 1.58. The Morgan fingerprint density at radius 1 is 1.33 bits per heavy atom. The van der Waals surface area contributed by atoms with Gasteiger partial charge in [-0.05, 0) is 18.9 Å². The number of amides is 2. The van der Waals surface area contributed by atoms with Crippen molar-refractivity contribution in [1.82, 2.24) is 9.88 Å². The standard InChI is InChI=1S/C20H21N3O5S2/c1-30(26,27)12-15-14-6-2-3-7-16(14)28-17(15)19(25)23-9-4-5-13(11-23)18(24)22-20-21-8-10-29-20/h2-3,6-8,10,13H,4-5,9,11-12H2,1H3,(H,21,22,24). The molecule has 10 heteroatoms. The Bertz CT molecular complexity index is 1180. The second kappa shape index (κ2) is 8.19. The highest BCUT2D eigenvalue weighted by molar-refractivity contribution is 7.89. The summed E-state index contributed by atoms with van der Waals surface area (Å²) in [6.07, 6.45) is 4.07. The van der Waals surface area contributed by atoms with E-state index in [1.807, 2.05) is 0 Å². The molecule has 1 aliphatic heterocycles. The molecule has 0 spiro atoms. The van der Waals surface area contributed by atoms with Crippen LogP contribution in [0.4, 0.5) is 5.13 Å². The number of hydrogen-bond acceptors (Lipinski definition) is 7. The summed E-state index contributed by atoms with van der Waals surface area (Å²) in [4.78, 5) is 31.5. The smallest absolute Gasteiger partial charge is 0.289 e. The Labute approximate surface area is 177 Å². The van der Waals surface area contributed by atoms with Crippen LogP contribution in [0.25, 0.3) is 11.0 Å². The number of nitrogens with zero attached hydrogens (tertiary/aromatic N) is 2. The third kappa shape index (κ3) is 4.39. The van der Waals surface area contributed by atoms with Crippen LogP contribution in [0.1, 0.15) is 29.0 Å². The van der Waals surface area contributed by atoms with E-state index in [2.05, 4.69) is 10.3 Å². The number of aromatic nitrogens is 1. The topological polar surface area (TPSA) is 110 Å². The van der Waals surface area contributed by atoms with Crippen molar-refractivity contribution in [3.63, 3.8) is 0 Å². The van der Waals surface area contributed by atoms with Gasteiger partial charge >= 0.3 is 0 Å². The number of sulfone groups is 1. The molecule has 1 N–H and O–H groups in total. The van der Waals surface area contributed by atoms with Crippen LogP contribution in [0.15, 0.2) is 40.3 Å². The number of anilines is 1. The molecule has 2 aromatic heterocycles. The first-order valence-electron chi connectivity index (χ1n) is 9.49. The molecule has 1 atom stereocenters. The van der Waals surface area contributed by atoms with Crippen molar-refractivity contribution in [3.8, 4) is 0 Å². The molecular weight excluding hydrogens is 426 g/mol. The van der Waals surface area contributed by atoms with Crippen LogP contribution in [-0.4, -0.2) is 49.5 Å². The molecule has 1 unspecified atom stereocenters. The second-order valence-corrected chi connectivity index (χ2v) is 10.4. The quantitative estimate of drug-likeness (QED) is 0.644. The number of furan rings is 1. The van der Waals surface area contributed by atoms with Gasteiger partial charge < -0.3 is 14.6 Å². The van der Waals surface area contributed by atoms with Crippen molar-refractivity contribution >= 4 is 49.1 Å². The minimum absolute atomic E-state index is 0.0302. The van der Waals surface area contributed by atoms with E-state index in [-0.39, 0.29) is 29.9 Å². The van der Waals surface area contributed by atoms with E-state index < -0.39 is 15.7 Å². The molecule has 0 saturated carbocycles. The minimum Gasteiger partial charge on any atom is -0.451 e. The van der Waals surface area contributed by atoms with Crippen molar-refractivity contribution in [2.45, 2.75) is 18.6 Å². The van der Waals surface area contributed by atoms with Crippen molar-refractivity contribution in [3.05, 3.63) is 47.2 Å². The maximum atomic E-state index is 13.3. The summed E-state index contributed by atoms with van der Waals surface area (Å²) in [6, 6.07) is 7.00. The number of hydrogen-bond donors (Lipinski definition) is 1. The molecule has 3 aromatic rings. The Morgan fingerprint density at radius 2 is 2.13 bits per heavy atom. The van der Waals surface area contributed by atoms with Crippen molar-refractivity contribution in [2.75, 3.05) is 24.7 Å². The molecule has 4 rings (SSSR count). The number of carbonyl (C=O) groups excluding carboxylic acids is 2. The summed E-state index contributed by atoms with van der Waals surface area (Å²) in [6.45, 7) is 0.723. The van der Waals surface area contributed by atoms with Crippen LogP contribution in [0.5, 0.6) is 0 Å². The van der Waals surface area contributed by atoms with E-state index in [4.69, 9.17) is 4.42 Å². The van der Waals surface area contributed by atoms with Crippen LogP contribution in [0.2, 0.25) is 0 Å². The summed E-state index contributed by atoms with van der Waals surface area (Å²) in [7, 11) is -3.38. The van der Waals surface area contributed by atoms with Crippen LogP contribution >= 0.6 is 11.3 Å². The fourth-order valence-electron chi connectivity index (χ4n) is 3.69. The molecule has 2 amide bonds. The molecule has 30 heavy (non-hydrogen) atoms. The molecule has 0 radical (unpaired) electrons. The van der Waals surface area contributed by atoms with Crippen molar-refractivity contribution in [2.24, 2.45) is 5.92 Å². The molecule has 8 nitrogen and oxygen atoms in total. The normalized spacial score (nSPS) is 17.2. The average Bonchev–Trinajstić information content (AvgIpc) is 3.35. The lowest BCUT2D eigenvalue weighted by Gasteiger charge is -2.31. The highest BCUT2D eigenvalue weighted by Crippen LogP contribution is 2.30. The predicted molar refractivity (Wildman–Crippen MR) is 114 cm³/mol. The van der Waals surface area contributed by atoms with E-state index in [0.717, 1.165) is 6.26 Å². The number of piperidine rings is 1. The number of rotatable bonds is 5. The van der Waals surface area contributed by atoms with Gasteiger partial charge in [0, 0.05) is 41.9 Å². The molecule has 0 bridgehead atoms. The fourth-order valence-corrected chi connectivity index (χ4v) is 5.03. The molecule has 1 aromatic carbocycles. The van der Waals surface area contributed by atoms with Gasteiger partial charge in [0.15, 0.2) is 20.7 Å². The fraction of sp³-hybridized carbons (Fsp3) is 0.350. The van der Waals surface area contributed by atoms with E-state index in [0.29, 0.717) is 41.1 Å². The number of fused-ring (bicyclic) bond motifs is 1. The van der Waals surface area contributed by atoms with Crippen molar-refractivity contribution < 1.29 is 22.4 Å². The van der Waals surface area contributed by atoms with Gasteiger partial charge in [-0.25, -0.2) is 13.4 Å². The van der Waals surface area contributed by atoms with Crippen LogP contribution in [0.3, 0.4) is 0 Å². The third-order valence-corrected chi connectivity index (χ3v) is 6.54. The number of para-hydroxylation sites is 1. The predicted octanol–water partition coefficient (Wildman–Crippen LogP) is 2.92. The van der Waals surface area contributed by atoms with Gasteiger partial charge in [-0.2, -0.15) is 0 Å². The summed E-state index contributed by atoms with van der Waals surface area (Å²) >= 11 is 1.33. The summed E-state index contributed by atoms with van der Waals surface area (Å²) in [5, 5.41) is 5.69. The minimum atomic E-state index is -3.38. The molecule has 1 saturated heterocycles. The summed E-state index contributed by atoms with van der Waals surface area (Å²) < 4.78 is 29.7. The van der Waals surface area contributed by atoms with Gasteiger partial charge in [-0.1, -0.05) is 18.2 Å². The van der Waals surface area contributed by atoms with Crippen LogP contribution < -0.4 is 5.32 Å². The Morgan fingerprint density at radius 3 is 2.87 bits per heavy atom. The highest BCUT2D eigenvalue weighted by Gasteiger charge is 2.33. The van der Waals surface area contributed by atoms with E-state index in [9.17, 15) is 18.0 Å². The van der Waals surface area contributed by atoms with Gasteiger partial charge in [-0.15, -0.1) is 11.3 Å². The zero-order chi connectivity index (χ0) is 21.3. The lowest BCUT2D eigenvalue weighted by atomic mass is 9.97. The van der Waals surface area contributed by atoms with Gasteiger partial charge in [-0.3, -0.25) is 9.59 Å². The molecule has 3 heterocycles. The van der Waals surface area contributed by atoms with E-state index in [1.54, 1.807) is 40.7 Å². The number of benzene rings is 1. The number of thiazole rings is 1. The van der Waals surface area contributed by atoms with Crippen LogP contribution in [-0.2, 0) is 20.4 Å². The Kier molecular flexibility index (Phi) is 5.61. The maximum Gasteiger partial charge on any atom is 0.289 e. The first-order valence-corrected chi connectivity index (χ1v) is 12.4. The molecule has 158 valence electrons. The SMILES string of the molecule is CS(=O)(=O)Cc1c(C(=O)N2CCCC(C(=O)Nc3nccs3)C2)oc2ccccc12. The Hall–Kier alpha value is -2.72. The summed E-state index contributed by atoms with van der Waals surface area (Å²) in [5.41, 5.74) is 0.835. The number of carbonyl (C=O) groups is 2. The largest absolute Gasteiger partial charge is 0.451 e. The van der Waals surface area contributed by atoms with Crippen molar-refractivity contribution in [1.29, 1.82) is 0 Å². The van der Waals surface area contributed by atoms with Gasteiger partial charge in [0.2, 0.25) is 5.91 Å². The number of likely N-dealkylation sites (tertiary alicyclic amines) is 1. The van der Waals surface area contributed by atoms with E-state index in [1.165, 1.54) is 11.3 Å². The van der Waals surface area contributed by atoms with Gasteiger partial charge in [0.25, 0.3) is 5.91 Å². The second-order valence-electron chi connectivity index (χ2n) is 7.39. The molecule has 0 aliphatic carbocycles. The monoisotopic (exact) mass is 447 g/mol. The molecular formula is C20H21N3O5S2. The first-order chi connectivity index (χ1) is 14.3. The lowest BCUT2D eigenvalue weighted by molar-refractivity contribution is -0.121. The maximum absolute atomic E-state index is 13.3. The molecule has 1 aliphatic rings. The van der Waals surface area contributed by atoms with Gasteiger partial charge in [0.05, 0.1) is 11.7 Å². The molecule has 1 fully saturated rings. The van der Waals surface area contributed by atoms with Crippen LogP contribution in [0, 0.1) is 5.92 Å². The lowest BCUT2D eigenvalue weighted by Crippen LogP contribution is -2.44. The zero-order valence-electron chi connectivity index (χ0n) is 16.3. The highest BCUT2D eigenvalue weighted by atomic mass is 32.2. The average molecular weight is 448 g/mol. The first kappa shape index (κ1) is 20.5. The zero-order valence-corrected chi connectivity index (χ0v) is 18.0. The number of nitrogens with one attached hydrogen (secondary N) is 1. The summed E-state index contributed by atoms with van der Waals surface area (Å²) in [5.74, 6) is -1.19. The van der Waals surface area contributed by atoms with E-state index >= 15 is 0 Å².